The molecule has 0 radical (unpaired) electrons. The van der Waals surface area contributed by atoms with Crippen molar-refractivity contribution in [1.82, 2.24) is 0 Å². The van der Waals surface area contributed by atoms with Crippen LogP contribution in [-0.4, -0.2) is 22.9 Å². The summed E-state index contributed by atoms with van der Waals surface area (Å²) in [6.07, 6.45) is 141. The fraction of sp³-hybridized carbons (Fsp3) is 1.00. The Morgan fingerprint density at radius 1 is 0.118 bits per heavy atom. The highest BCUT2D eigenvalue weighted by Gasteiger charge is 2.06. The molecule has 2 nitrogen and oxygen atoms in total. The van der Waals surface area contributed by atoms with Crippen molar-refractivity contribution in [2.24, 2.45) is 0 Å². The second kappa shape index (κ2) is 98.9. The van der Waals surface area contributed by atoms with Crippen LogP contribution >= 0.6 is 0 Å². The lowest BCUT2D eigenvalue weighted by atomic mass is 10.0. The summed E-state index contributed by atoms with van der Waals surface area (Å²) in [7, 11) is 0. The Morgan fingerprint density at radius 2 is 0.196 bits per heavy atom. The van der Waals surface area contributed by atoms with E-state index >= 15 is 0 Å². The Morgan fingerprint density at radius 3 is 0.284 bits per heavy atom. The van der Waals surface area contributed by atoms with Crippen LogP contribution in [-0.2, 0) is 0 Å². The first-order valence-electron chi connectivity index (χ1n) is 50.1. The van der Waals surface area contributed by atoms with Crippen LogP contribution in [0, 0.1) is 0 Å². The molecule has 0 bridgehead atoms. The summed E-state index contributed by atoms with van der Waals surface area (Å²) in [5.74, 6) is 0. The highest BCUT2D eigenvalue weighted by Crippen LogP contribution is 2.24. The summed E-state index contributed by atoms with van der Waals surface area (Å²) >= 11 is 0. The van der Waals surface area contributed by atoms with E-state index in [1.807, 2.05) is 0 Å². The lowest BCUT2D eigenvalue weighted by molar-refractivity contribution is 0.147. The Labute approximate surface area is 648 Å². The molecule has 0 rings (SSSR count). The lowest BCUT2D eigenvalue weighted by Crippen LogP contribution is -2.06. The fourth-order valence-electron chi connectivity index (χ4n) is 17.2. The van der Waals surface area contributed by atoms with Gasteiger partial charge in [0, 0.05) is 6.61 Å². The van der Waals surface area contributed by atoms with Crippen LogP contribution in [0.25, 0.3) is 0 Å². The molecule has 2 heteroatoms. The van der Waals surface area contributed by atoms with Gasteiger partial charge < -0.3 is 10.2 Å². The van der Waals surface area contributed by atoms with E-state index in [-0.39, 0.29) is 6.10 Å². The molecule has 0 saturated heterocycles. The van der Waals surface area contributed by atoms with E-state index in [0.29, 0.717) is 6.61 Å². The minimum absolute atomic E-state index is 0.0973. The molecule has 0 fully saturated rings. The maximum absolute atomic E-state index is 10.1. The van der Waals surface area contributed by atoms with Gasteiger partial charge in [-0.05, 0) is 19.3 Å². The van der Waals surface area contributed by atoms with Gasteiger partial charge in [-0.15, -0.1) is 0 Å². The van der Waals surface area contributed by atoms with Gasteiger partial charge in [-0.3, -0.25) is 0 Å². The van der Waals surface area contributed by atoms with E-state index < -0.39 is 0 Å². The molecule has 0 saturated carbocycles. The molecular formula is C100H202O2. The van der Waals surface area contributed by atoms with Crippen molar-refractivity contribution in [3.8, 4) is 0 Å². The molecule has 0 aliphatic carbocycles. The number of unbranched alkanes of at least 4 members (excludes halogenated alkanes) is 93. The van der Waals surface area contributed by atoms with Gasteiger partial charge in [0.25, 0.3) is 0 Å². The third-order valence-corrected chi connectivity index (χ3v) is 24.6. The molecule has 102 heavy (non-hydrogen) atoms. The van der Waals surface area contributed by atoms with Crippen LogP contribution in [0.5, 0.6) is 0 Å². The van der Waals surface area contributed by atoms with Crippen molar-refractivity contribution in [1.29, 1.82) is 0 Å². The molecule has 0 aliphatic rings. The zero-order chi connectivity index (χ0) is 72.9. The monoisotopic (exact) mass is 1440 g/mol. The predicted molar refractivity (Wildman–Crippen MR) is 467 cm³/mol. The van der Waals surface area contributed by atoms with Gasteiger partial charge in [-0.25, -0.2) is 0 Å². The Balaban J connectivity index is 3.10. The third-order valence-electron chi connectivity index (χ3n) is 24.6. The van der Waals surface area contributed by atoms with E-state index in [1.54, 1.807) is 0 Å². The summed E-state index contributed by atoms with van der Waals surface area (Å²) in [4.78, 5) is 0. The molecule has 614 valence electrons. The van der Waals surface area contributed by atoms with Crippen LogP contribution in [0.3, 0.4) is 0 Å². The highest BCUT2D eigenvalue weighted by molar-refractivity contribution is 4.61. The molecule has 0 heterocycles. The molecule has 0 aromatic rings. The van der Waals surface area contributed by atoms with Crippen molar-refractivity contribution in [3.05, 3.63) is 0 Å². The molecule has 0 aromatic carbocycles. The summed E-state index contributed by atoms with van der Waals surface area (Å²) in [5.41, 5.74) is 0. The molecule has 0 aliphatic heterocycles. The smallest absolute Gasteiger partial charge is 0.0540 e. The van der Waals surface area contributed by atoms with Gasteiger partial charge in [0.05, 0.1) is 6.10 Å². The zero-order valence-electron chi connectivity index (χ0n) is 71.8. The molecule has 0 amide bonds. The van der Waals surface area contributed by atoms with Crippen molar-refractivity contribution < 1.29 is 10.2 Å². The Hall–Kier alpha value is -0.0800. The van der Waals surface area contributed by atoms with Crippen molar-refractivity contribution in [2.45, 2.75) is 636 Å². The average molecular weight is 1440 g/mol. The van der Waals surface area contributed by atoms with Gasteiger partial charge in [0.15, 0.2) is 0 Å². The van der Waals surface area contributed by atoms with Crippen molar-refractivity contribution in [2.75, 3.05) is 6.61 Å². The molecule has 1 unspecified atom stereocenters. The average Bonchev–Trinajstić information content (AvgIpc) is 3.81. The van der Waals surface area contributed by atoms with Gasteiger partial charge in [0.1, 0.15) is 0 Å². The Bertz CT molecular complexity index is 1360. The van der Waals surface area contributed by atoms with Gasteiger partial charge in [-0.2, -0.15) is 0 Å². The first-order chi connectivity index (χ1) is 50.8. The van der Waals surface area contributed by atoms with Gasteiger partial charge in [-0.1, -0.05) is 610 Å². The van der Waals surface area contributed by atoms with Crippen LogP contribution in [0.15, 0.2) is 0 Å². The van der Waals surface area contributed by atoms with E-state index in [4.69, 9.17) is 5.11 Å². The van der Waals surface area contributed by atoms with Gasteiger partial charge in [0.2, 0.25) is 0 Å². The summed E-state index contributed by atoms with van der Waals surface area (Å²) in [5, 5.41) is 19.0. The number of hydrogen-bond donors (Lipinski definition) is 2. The van der Waals surface area contributed by atoms with Crippen LogP contribution < -0.4 is 0 Å². The Kier molecular flexibility index (Phi) is 98.9. The minimum Gasteiger partial charge on any atom is -0.396 e. The second-order valence-electron chi connectivity index (χ2n) is 35.2. The van der Waals surface area contributed by atoms with E-state index in [2.05, 4.69) is 6.92 Å². The maximum Gasteiger partial charge on any atom is 0.0540 e. The zero-order valence-corrected chi connectivity index (χ0v) is 71.8. The van der Waals surface area contributed by atoms with Crippen molar-refractivity contribution in [3.63, 3.8) is 0 Å². The first-order valence-corrected chi connectivity index (χ1v) is 50.1. The second-order valence-corrected chi connectivity index (χ2v) is 35.2. The lowest BCUT2D eigenvalue weighted by Gasteiger charge is -2.10. The molecule has 0 spiro atoms. The topological polar surface area (TPSA) is 40.5 Å². The minimum atomic E-state index is -0.0973. The third kappa shape index (κ3) is 97.9. The van der Waals surface area contributed by atoms with E-state index in [0.717, 1.165) is 38.5 Å². The normalized spacial score (nSPS) is 12.1. The predicted octanol–water partition coefficient (Wildman–Crippen LogP) is 37.2. The van der Waals surface area contributed by atoms with Crippen molar-refractivity contribution >= 4 is 0 Å². The molecule has 2 N–H and O–H groups in total. The largest absolute Gasteiger partial charge is 0.396 e. The maximum atomic E-state index is 10.1. The van der Waals surface area contributed by atoms with E-state index in [9.17, 15) is 5.11 Å². The summed E-state index contributed by atoms with van der Waals surface area (Å²) in [6, 6.07) is 0. The standard InChI is InChI=1S/C100H202O2/c1-2-3-4-5-6-7-8-9-10-11-12-13-14-15-16-17-18-19-20-21-22-23-24-25-26-27-28-29-30-31-32-33-34-35-36-37-38-39-40-41-42-43-44-45-46-47-48-49-50-51-52-53-54-55-56-57-58-59-60-61-62-63-64-65-66-67-68-69-70-71-72-73-74-75-76-77-78-79-80-81-82-83-84-85-86-87-88-89-90-91-94-97-100(102)98-95-92-93-96-99-101/h100-102H,2-99H2,1H3. The fourth-order valence-corrected chi connectivity index (χ4v) is 17.2. The first kappa shape index (κ1) is 102. The number of aliphatic hydroxyl groups excluding tert-OH is 2. The number of hydrogen-bond acceptors (Lipinski definition) is 2. The quantitative estimate of drug-likeness (QED) is 0.0596. The number of rotatable bonds is 98. The molecule has 0 aromatic heterocycles. The molecular weight excluding hydrogens is 1230 g/mol. The summed E-state index contributed by atoms with van der Waals surface area (Å²) in [6.45, 7) is 2.62. The highest BCUT2D eigenvalue weighted by atomic mass is 16.3. The summed E-state index contributed by atoms with van der Waals surface area (Å²) < 4.78 is 0. The van der Waals surface area contributed by atoms with Crippen LogP contribution in [0.2, 0.25) is 0 Å². The van der Waals surface area contributed by atoms with Gasteiger partial charge >= 0.3 is 0 Å². The number of aliphatic hydroxyl groups is 2. The SMILES string of the molecule is CCCCCCCCCCCCCCCCCCCCCCCCCCCCCCCCCCCCCCCCCCCCCCCCCCCCCCCCCCCCCCCCCCCCCCCCCCCCCCCCCCCCCCCCCCCCCC(O)CCCCCCO. The van der Waals surface area contributed by atoms with Crippen LogP contribution in [0.1, 0.15) is 630 Å². The van der Waals surface area contributed by atoms with Crippen LogP contribution in [0.4, 0.5) is 0 Å². The van der Waals surface area contributed by atoms with E-state index in [1.165, 1.54) is 584 Å². The molecule has 1 atom stereocenters.